The maximum absolute atomic E-state index is 12.5. The summed E-state index contributed by atoms with van der Waals surface area (Å²) in [6.45, 7) is 4.03. The van der Waals surface area contributed by atoms with Gasteiger partial charge in [0.1, 0.15) is 6.04 Å². The van der Waals surface area contributed by atoms with Gasteiger partial charge in [0.05, 0.1) is 12.1 Å². The molecule has 2 aromatic rings. The van der Waals surface area contributed by atoms with Gasteiger partial charge in [-0.05, 0) is 31.5 Å². The molecule has 1 aliphatic heterocycles. The minimum absolute atomic E-state index is 0.149. The fraction of sp³-hybridized carbons (Fsp3) is 0.278. The quantitative estimate of drug-likeness (QED) is 0.903. The number of Topliss-reactive ketones (excluding diaryl/α,β-unsaturated/α-hetero) is 1. The summed E-state index contributed by atoms with van der Waals surface area (Å²) < 4.78 is 0. The second-order valence-corrected chi connectivity index (χ2v) is 7.57. The molecule has 124 valence electrons. The molecule has 6 heteroatoms. The number of rotatable bonds is 3. The summed E-state index contributed by atoms with van der Waals surface area (Å²) in [6.07, 6.45) is -0.0594. The largest absolute Gasteiger partial charge is 0.481 e. The molecule has 1 aliphatic rings. The number of aliphatic carboxylic acids is 1. The number of fused-ring (bicyclic) bond motifs is 1. The predicted molar refractivity (Wildman–Crippen MR) is 95.6 cm³/mol. The van der Waals surface area contributed by atoms with Gasteiger partial charge in [-0.3, -0.25) is 14.6 Å². The van der Waals surface area contributed by atoms with Crippen LogP contribution in [-0.2, 0) is 16.0 Å². The highest BCUT2D eigenvalue weighted by Gasteiger charge is 2.30. The summed E-state index contributed by atoms with van der Waals surface area (Å²) >= 11 is 7.55. The highest BCUT2D eigenvalue weighted by Crippen LogP contribution is 2.33. The molecular weight excluding hydrogens is 346 g/mol. The van der Waals surface area contributed by atoms with Crippen LogP contribution in [0.25, 0.3) is 0 Å². The van der Waals surface area contributed by atoms with Crippen LogP contribution in [0.2, 0.25) is 5.02 Å². The number of halogens is 1. The zero-order chi connectivity index (χ0) is 17.4. The Kier molecular flexibility index (Phi) is 4.56. The van der Waals surface area contributed by atoms with E-state index in [1.807, 2.05) is 26.0 Å². The average molecular weight is 362 g/mol. The van der Waals surface area contributed by atoms with Crippen molar-refractivity contribution in [1.82, 2.24) is 0 Å². The number of hydrogen-bond acceptors (Lipinski definition) is 4. The van der Waals surface area contributed by atoms with Gasteiger partial charge in [0, 0.05) is 32.3 Å². The van der Waals surface area contributed by atoms with Crippen LogP contribution >= 0.6 is 22.9 Å². The number of aliphatic imine (C=N–C) groups is 1. The van der Waals surface area contributed by atoms with E-state index >= 15 is 0 Å². The first kappa shape index (κ1) is 16.9. The lowest BCUT2D eigenvalue weighted by atomic mass is 9.98. The number of nitrogens with zero attached hydrogens (tertiary/aromatic N) is 1. The van der Waals surface area contributed by atoms with Gasteiger partial charge in [-0.15, -0.1) is 11.3 Å². The lowest BCUT2D eigenvalue weighted by Gasteiger charge is -2.10. The predicted octanol–water partition coefficient (Wildman–Crippen LogP) is 3.82. The number of carbonyl (C=O) groups excluding carboxylic acids is 1. The minimum Gasteiger partial charge on any atom is -0.481 e. The van der Waals surface area contributed by atoms with Crippen LogP contribution in [0.1, 0.15) is 32.9 Å². The molecule has 0 spiro atoms. The molecule has 0 bridgehead atoms. The van der Waals surface area contributed by atoms with Crippen molar-refractivity contribution in [1.29, 1.82) is 0 Å². The van der Waals surface area contributed by atoms with Crippen LogP contribution in [0.15, 0.2) is 29.3 Å². The Hall–Kier alpha value is -1.98. The number of thiophene rings is 1. The third-order valence-electron chi connectivity index (χ3n) is 4.17. The first-order valence-corrected chi connectivity index (χ1v) is 8.73. The molecule has 0 saturated carbocycles. The van der Waals surface area contributed by atoms with Gasteiger partial charge in [-0.2, -0.15) is 0 Å². The highest BCUT2D eigenvalue weighted by molar-refractivity contribution is 7.12. The molecule has 1 aromatic carbocycles. The van der Waals surface area contributed by atoms with Crippen molar-refractivity contribution in [2.24, 2.45) is 4.99 Å². The summed E-state index contributed by atoms with van der Waals surface area (Å²) in [5.74, 6) is -1.17. The third kappa shape index (κ3) is 3.14. The number of benzene rings is 1. The fourth-order valence-corrected chi connectivity index (χ4v) is 4.17. The van der Waals surface area contributed by atoms with Crippen LogP contribution in [0.5, 0.6) is 0 Å². The highest BCUT2D eigenvalue weighted by atomic mass is 35.5. The first-order chi connectivity index (χ1) is 11.4. The Balaban J connectivity index is 2.20. The summed E-state index contributed by atoms with van der Waals surface area (Å²) in [7, 11) is 0. The van der Waals surface area contributed by atoms with E-state index < -0.39 is 12.0 Å². The van der Waals surface area contributed by atoms with Gasteiger partial charge < -0.3 is 5.11 Å². The van der Waals surface area contributed by atoms with Crippen molar-refractivity contribution in [2.45, 2.75) is 32.7 Å². The van der Waals surface area contributed by atoms with E-state index in [4.69, 9.17) is 16.7 Å². The standard InChI is InChI=1S/C18H16ClNO3S/c1-9-10(2)24-15-8-14(21)13(7-16(22)23)20-18(17(9)15)11-3-5-12(19)6-4-11/h3-6,13H,7-8H2,1-2H3,(H,22,23)/t13-/m0/s1. The first-order valence-electron chi connectivity index (χ1n) is 7.54. The van der Waals surface area contributed by atoms with Crippen molar-refractivity contribution in [3.63, 3.8) is 0 Å². The van der Waals surface area contributed by atoms with Crippen molar-refractivity contribution in [3.8, 4) is 0 Å². The van der Waals surface area contributed by atoms with Crippen LogP contribution in [0, 0.1) is 13.8 Å². The Bertz CT molecular complexity index is 852. The van der Waals surface area contributed by atoms with Gasteiger partial charge in [0.2, 0.25) is 0 Å². The number of carboxylic acid groups (broad SMARTS) is 1. The van der Waals surface area contributed by atoms with E-state index in [1.165, 1.54) is 0 Å². The number of aryl methyl sites for hydroxylation is 1. The van der Waals surface area contributed by atoms with Crippen LogP contribution in [0.3, 0.4) is 0 Å². The monoisotopic (exact) mass is 361 g/mol. The normalized spacial score (nSPS) is 17.2. The molecular formula is C18H16ClNO3S. The molecule has 0 fully saturated rings. The van der Waals surface area contributed by atoms with Crippen molar-refractivity contribution in [3.05, 3.63) is 55.7 Å². The van der Waals surface area contributed by atoms with Gasteiger partial charge in [-0.25, -0.2) is 0 Å². The van der Waals surface area contributed by atoms with Crippen molar-refractivity contribution >= 4 is 40.4 Å². The minimum atomic E-state index is -1.02. The summed E-state index contributed by atoms with van der Waals surface area (Å²) in [5, 5.41) is 9.71. The van der Waals surface area contributed by atoms with Gasteiger partial charge in [0.25, 0.3) is 0 Å². The number of hydrogen-bond donors (Lipinski definition) is 1. The van der Waals surface area contributed by atoms with Gasteiger partial charge in [-0.1, -0.05) is 23.7 Å². The molecule has 0 amide bonds. The molecule has 3 rings (SSSR count). The SMILES string of the molecule is Cc1sc2c(c1C)C(c1ccc(Cl)cc1)=N[C@@H](CC(=O)O)C(=O)C2. The summed E-state index contributed by atoms with van der Waals surface area (Å²) in [4.78, 5) is 30.3. The maximum atomic E-state index is 12.5. The van der Waals surface area contributed by atoms with Crippen molar-refractivity contribution in [2.75, 3.05) is 0 Å². The Morgan fingerprint density at radius 1 is 1.33 bits per heavy atom. The molecule has 0 aliphatic carbocycles. The Morgan fingerprint density at radius 3 is 2.62 bits per heavy atom. The molecule has 0 saturated heterocycles. The van der Waals surface area contributed by atoms with E-state index in [9.17, 15) is 9.59 Å². The van der Waals surface area contributed by atoms with E-state index in [1.54, 1.807) is 23.5 Å². The molecule has 24 heavy (non-hydrogen) atoms. The topological polar surface area (TPSA) is 66.7 Å². The fourth-order valence-electron chi connectivity index (χ4n) is 2.85. The van der Waals surface area contributed by atoms with Crippen molar-refractivity contribution < 1.29 is 14.7 Å². The average Bonchev–Trinajstić information content (AvgIpc) is 2.71. The third-order valence-corrected chi connectivity index (χ3v) is 5.63. The Labute approximate surface area is 148 Å². The summed E-state index contributed by atoms with van der Waals surface area (Å²) in [5.41, 5.74) is 3.57. The number of carboxylic acids is 1. The van der Waals surface area contributed by atoms with Crippen LogP contribution in [-0.4, -0.2) is 28.6 Å². The molecule has 4 nitrogen and oxygen atoms in total. The molecule has 0 radical (unpaired) electrons. The summed E-state index contributed by atoms with van der Waals surface area (Å²) in [6, 6.07) is 6.39. The molecule has 1 atom stereocenters. The van der Waals surface area contributed by atoms with E-state index in [-0.39, 0.29) is 18.6 Å². The lowest BCUT2D eigenvalue weighted by molar-refractivity contribution is -0.139. The van der Waals surface area contributed by atoms with Crippen LogP contribution in [0.4, 0.5) is 0 Å². The zero-order valence-electron chi connectivity index (χ0n) is 13.3. The van der Waals surface area contributed by atoms with E-state index in [2.05, 4.69) is 4.99 Å². The number of ketones is 1. The molecule has 0 unspecified atom stereocenters. The van der Waals surface area contributed by atoms with Crippen LogP contribution < -0.4 is 0 Å². The van der Waals surface area contributed by atoms with Gasteiger partial charge >= 0.3 is 5.97 Å². The van der Waals surface area contributed by atoms with E-state index in [0.717, 1.165) is 26.4 Å². The molecule has 1 aromatic heterocycles. The van der Waals surface area contributed by atoms with Gasteiger partial charge in [0.15, 0.2) is 5.78 Å². The molecule has 1 N–H and O–H groups in total. The second-order valence-electron chi connectivity index (χ2n) is 5.82. The Morgan fingerprint density at radius 2 is 2.00 bits per heavy atom. The molecule has 2 heterocycles. The zero-order valence-corrected chi connectivity index (χ0v) is 14.9. The van der Waals surface area contributed by atoms with E-state index in [0.29, 0.717) is 10.7 Å². The maximum Gasteiger partial charge on any atom is 0.305 e. The lowest BCUT2D eigenvalue weighted by Crippen LogP contribution is -2.23. The number of carbonyl (C=O) groups is 2. The smallest absolute Gasteiger partial charge is 0.305 e. The second kappa shape index (κ2) is 6.49.